The van der Waals surface area contributed by atoms with Crippen molar-refractivity contribution in [1.82, 2.24) is 14.2 Å². The van der Waals surface area contributed by atoms with Gasteiger partial charge in [-0.2, -0.15) is 4.98 Å². The van der Waals surface area contributed by atoms with E-state index in [4.69, 9.17) is 10.6 Å². The van der Waals surface area contributed by atoms with E-state index >= 15 is 0 Å². The van der Waals surface area contributed by atoms with Crippen LogP contribution in [0.15, 0.2) is 47.4 Å². The van der Waals surface area contributed by atoms with Gasteiger partial charge >= 0.3 is 5.69 Å². The van der Waals surface area contributed by atoms with Crippen LogP contribution in [0, 0.1) is 5.92 Å². The van der Waals surface area contributed by atoms with Gasteiger partial charge in [0.25, 0.3) is 5.91 Å². The molecule has 10 heteroatoms. The number of hydrogen-bond acceptors (Lipinski definition) is 7. The quantitative estimate of drug-likeness (QED) is 0.518. The van der Waals surface area contributed by atoms with E-state index in [0.717, 1.165) is 0 Å². The van der Waals surface area contributed by atoms with E-state index in [2.05, 4.69) is 42.7 Å². The average molecular weight is 492 g/mol. The van der Waals surface area contributed by atoms with Gasteiger partial charge in [-0.3, -0.25) is 14.0 Å². The maximum absolute atomic E-state index is 12.9. The lowest BCUT2D eigenvalue weighted by molar-refractivity contribution is -0.0187. The first kappa shape index (κ1) is 24.9. The van der Waals surface area contributed by atoms with E-state index in [1.54, 1.807) is 24.3 Å². The number of ether oxygens (including phenoxy) is 1. The molecule has 5 atom stereocenters. The minimum Gasteiger partial charge on any atom is -0.396 e. The van der Waals surface area contributed by atoms with Crippen molar-refractivity contribution in [1.29, 1.82) is 0 Å². The molecule has 1 aliphatic rings. The molecule has 0 radical (unpaired) electrons. The van der Waals surface area contributed by atoms with Crippen molar-refractivity contribution >= 4 is 20.0 Å². The standard InChI is InChI=1S/C24H35N4O5P/c1-15(2)28(16(3)4)34(6)33-21-17(5)32-23(19(21)14-29)27-13-12-20(26-24(27)31)25-22(30)18-10-8-7-9-11-18/h7-13,15-17,19,21,23,29H,14H2,1-6H3,(H,25,26,30,31)/t17-,19-,21?,23-,34?/m1/s1/i5D. The second kappa shape index (κ2) is 11.5. The predicted octanol–water partition coefficient (Wildman–Crippen LogP) is 3.47. The minimum atomic E-state index is -1.02. The Bertz CT molecular complexity index is 1030. The van der Waals surface area contributed by atoms with Crippen LogP contribution in [0.25, 0.3) is 0 Å². The van der Waals surface area contributed by atoms with Gasteiger partial charge in [-0.15, -0.1) is 0 Å². The van der Waals surface area contributed by atoms with E-state index in [9.17, 15) is 14.7 Å². The molecule has 0 spiro atoms. The largest absolute Gasteiger partial charge is 0.396 e. The topological polar surface area (TPSA) is 106 Å². The minimum absolute atomic E-state index is 0.0718. The third-order valence-electron chi connectivity index (χ3n) is 5.72. The Labute approximate surface area is 203 Å². The number of carbonyl (C=O) groups excluding carboxylic acids is 1. The van der Waals surface area contributed by atoms with E-state index in [1.807, 2.05) is 12.7 Å². The summed E-state index contributed by atoms with van der Waals surface area (Å²) in [5.41, 5.74) is -0.183. The normalized spacial score (nSPS) is 24.0. The summed E-state index contributed by atoms with van der Waals surface area (Å²) >= 11 is 0. The predicted molar refractivity (Wildman–Crippen MR) is 133 cm³/mol. The lowest BCUT2D eigenvalue weighted by Crippen LogP contribution is -2.37. The molecule has 1 aromatic carbocycles. The maximum atomic E-state index is 12.9. The summed E-state index contributed by atoms with van der Waals surface area (Å²) in [4.78, 5) is 29.2. The number of nitrogens with zero attached hydrogens (tertiary/aromatic N) is 3. The first-order valence-electron chi connectivity index (χ1n) is 12.1. The Kier molecular flexibility index (Phi) is 8.45. The van der Waals surface area contributed by atoms with E-state index in [1.165, 1.54) is 16.8 Å². The molecule has 2 aromatic rings. The second-order valence-electron chi connectivity index (χ2n) is 8.84. The van der Waals surface area contributed by atoms with Crippen LogP contribution in [0.5, 0.6) is 0 Å². The van der Waals surface area contributed by atoms with Gasteiger partial charge in [0.2, 0.25) is 0 Å². The van der Waals surface area contributed by atoms with E-state index in [0.29, 0.717) is 5.56 Å². The third-order valence-corrected chi connectivity index (χ3v) is 7.84. The van der Waals surface area contributed by atoms with Crippen molar-refractivity contribution in [2.45, 2.75) is 65.1 Å². The Morgan fingerprint density at radius 1 is 1.29 bits per heavy atom. The molecule has 1 aromatic heterocycles. The van der Waals surface area contributed by atoms with Gasteiger partial charge in [0, 0.05) is 25.2 Å². The molecule has 9 nitrogen and oxygen atoms in total. The third kappa shape index (κ3) is 5.90. The summed E-state index contributed by atoms with van der Waals surface area (Å²) in [6, 6.07) is 10.7. The summed E-state index contributed by atoms with van der Waals surface area (Å²) in [7, 11) is -1.02. The van der Waals surface area contributed by atoms with Crippen molar-refractivity contribution in [3.8, 4) is 0 Å². The average Bonchev–Trinajstić information content (AvgIpc) is 3.16. The van der Waals surface area contributed by atoms with Crippen LogP contribution in [0.1, 0.15) is 52.6 Å². The molecule has 1 amide bonds. The van der Waals surface area contributed by atoms with Crippen molar-refractivity contribution in [3.05, 3.63) is 58.6 Å². The molecule has 186 valence electrons. The van der Waals surface area contributed by atoms with E-state index < -0.39 is 38.3 Å². The molecule has 0 saturated carbocycles. The second-order valence-corrected chi connectivity index (χ2v) is 10.4. The molecule has 1 saturated heterocycles. The SMILES string of the molecule is [2H]C[C@H]1O[C@@H](n2ccc(NC(=O)c3ccccc3)nc2=O)[C@H](CO)C1OP(C)N(C(C)C)C(C)C. The maximum Gasteiger partial charge on any atom is 0.351 e. The highest BCUT2D eigenvalue weighted by molar-refractivity contribution is 7.49. The molecule has 2 heterocycles. The van der Waals surface area contributed by atoms with Gasteiger partial charge in [0.1, 0.15) is 20.3 Å². The Morgan fingerprint density at radius 2 is 1.97 bits per heavy atom. The molecule has 2 N–H and O–H groups in total. The molecule has 3 rings (SSSR count). The lowest BCUT2D eigenvalue weighted by atomic mass is 10.0. The number of rotatable bonds is 9. The van der Waals surface area contributed by atoms with Crippen molar-refractivity contribution in [3.63, 3.8) is 0 Å². The van der Waals surface area contributed by atoms with Gasteiger partial charge in [0.15, 0.2) is 0 Å². The highest BCUT2D eigenvalue weighted by Crippen LogP contribution is 2.47. The summed E-state index contributed by atoms with van der Waals surface area (Å²) in [5.74, 6) is -0.815. The fraction of sp³-hybridized carbons (Fsp3) is 0.542. The van der Waals surface area contributed by atoms with Gasteiger partial charge in [-0.05, 0) is 59.5 Å². The zero-order valence-corrected chi connectivity index (χ0v) is 21.2. The van der Waals surface area contributed by atoms with Crippen LogP contribution in [-0.2, 0) is 9.26 Å². The van der Waals surface area contributed by atoms with Crippen molar-refractivity contribution in [2.75, 3.05) is 18.6 Å². The Morgan fingerprint density at radius 3 is 2.53 bits per heavy atom. The number of aliphatic hydroxyl groups excluding tert-OH is 1. The Hall–Kier alpha value is -2.16. The number of hydrogen-bond donors (Lipinski definition) is 2. The number of aromatic nitrogens is 2. The summed E-state index contributed by atoms with van der Waals surface area (Å²) in [6.45, 7) is 10.1. The number of benzene rings is 1. The smallest absolute Gasteiger partial charge is 0.351 e. The molecule has 2 unspecified atom stereocenters. The fourth-order valence-electron chi connectivity index (χ4n) is 4.34. The molecular weight excluding hydrogens is 455 g/mol. The van der Waals surface area contributed by atoms with Gasteiger partial charge in [0.05, 0.1) is 24.7 Å². The highest BCUT2D eigenvalue weighted by Gasteiger charge is 2.45. The van der Waals surface area contributed by atoms with Crippen LogP contribution in [0.3, 0.4) is 0 Å². The molecule has 0 bridgehead atoms. The van der Waals surface area contributed by atoms with Gasteiger partial charge in [-0.25, -0.2) is 4.79 Å². The summed E-state index contributed by atoms with van der Waals surface area (Å²) in [5, 5.41) is 12.8. The molecular formula is C24H35N4O5P. The molecule has 0 aliphatic carbocycles. The number of carbonyl (C=O) groups is 1. The zero-order chi connectivity index (χ0) is 25.7. The number of aliphatic hydroxyl groups is 1. The van der Waals surface area contributed by atoms with Crippen LogP contribution in [-0.4, -0.2) is 62.8 Å². The number of anilines is 1. The molecule has 34 heavy (non-hydrogen) atoms. The first-order valence-corrected chi connectivity index (χ1v) is 13.0. The van der Waals surface area contributed by atoms with E-state index in [-0.39, 0.29) is 37.3 Å². The summed E-state index contributed by atoms with van der Waals surface area (Å²) in [6.07, 6.45) is -0.513. The highest BCUT2D eigenvalue weighted by atomic mass is 31.2. The number of amides is 1. The van der Waals surface area contributed by atoms with Crippen molar-refractivity contribution in [2.24, 2.45) is 5.92 Å². The van der Waals surface area contributed by atoms with Gasteiger partial charge < -0.3 is 19.7 Å². The summed E-state index contributed by atoms with van der Waals surface area (Å²) < 4.78 is 24.0. The van der Waals surface area contributed by atoms with Crippen LogP contribution >= 0.6 is 8.30 Å². The Balaban J connectivity index is 1.80. The van der Waals surface area contributed by atoms with Crippen LogP contribution < -0.4 is 11.0 Å². The first-order chi connectivity index (χ1) is 16.7. The van der Waals surface area contributed by atoms with Crippen LogP contribution in [0.4, 0.5) is 5.82 Å². The zero-order valence-electron chi connectivity index (χ0n) is 21.3. The monoisotopic (exact) mass is 491 g/mol. The van der Waals surface area contributed by atoms with Gasteiger partial charge in [-0.1, -0.05) is 18.2 Å². The lowest BCUT2D eigenvalue weighted by Gasteiger charge is -2.37. The van der Waals surface area contributed by atoms with Crippen LogP contribution in [0.2, 0.25) is 0 Å². The number of nitrogens with one attached hydrogen (secondary N) is 1. The molecule has 1 fully saturated rings. The van der Waals surface area contributed by atoms with Crippen molar-refractivity contribution < 1.29 is 20.5 Å². The fourth-order valence-corrected chi connectivity index (χ4v) is 6.39. The molecule has 1 aliphatic heterocycles.